The van der Waals surface area contributed by atoms with Gasteiger partial charge in [0.1, 0.15) is 0 Å². The number of nitrogens with zero attached hydrogens (tertiary/aromatic N) is 7. The maximum Gasteiger partial charge on any atom is 0.274 e. The number of carbonyl (C=O) groups excluding carboxylic acids is 1. The highest BCUT2D eigenvalue weighted by molar-refractivity contribution is 6.30. The molecule has 1 amide bonds. The van der Waals surface area contributed by atoms with E-state index in [9.17, 15) is 4.79 Å². The second-order valence-corrected chi connectivity index (χ2v) is 5.51. The fraction of sp³-hybridized carbons (Fsp3) is 0.231. The molecule has 0 spiro atoms. The van der Waals surface area contributed by atoms with E-state index in [0.29, 0.717) is 41.7 Å². The number of tetrazole rings is 1. The zero-order valence-electron chi connectivity index (χ0n) is 11.8. The predicted octanol–water partition coefficient (Wildman–Crippen LogP) is 0.825. The molecule has 0 aromatic carbocycles. The van der Waals surface area contributed by atoms with Crippen LogP contribution in [0.4, 0.5) is 0 Å². The number of hydrogen-bond acceptors (Lipinski definition) is 6. The van der Waals surface area contributed by atoms with E-state index in [0.717, 1.165) is 5.57 Å². The number of nitrogens with one attached hydrogen (secondary N) is 1. The van der Waals surface area contributed by atoms with Crippen LogP contribution in [0.3, 0.4) is 0 Å². The van der Waals surface area contributed by atoms with Gasteiger partial charge < -0.3 is 4.90 Å². The van der Waals surface area contributed by atoms with E-state index < -0.39 is 0 Å². The number of aromatic nitrogens is 7. The Labute approximate surface area is 135 Å². The second-order valence-electron chi connectivity index (χ2n) is 5.07. The van der Waals surface area contributed by atoms with Crippen LogP contribution in [0.2, 0.25) is 5.02 Å². The van der Waals surface area contributed by atoms with Gasteiger partial charge in [-0.15, -0.1) is 10.2 Å². The molecule has 4 heterocycles. The maximum absolute atomic E-state index is 12.6. The van der Waals surface area contributed by atoms with Crippen LogP contribution in [0.1, 0.15) is 22.7 Å². The molecule has 23 heavy (non-hydrogen) atoms. The van der Waals surface area contributed by atoms with Crippen LogP contribution >= 0.6 is 11.6 Å². The van der Waals surface area contributed by atoms with E-state index in [1.165, 1.54) is 10.7 Å². The number of H-pyrrole nitrogens is 1. The molecule has 10 heteroatoms. The van der Waals surface area contributed by atoms with Crippen LogP contribution in [0.15, 0.2) is 24.5 Å². The SMILES string of the molecule is O=C(c1cc2ncc(Cl)cn2n1)N1CC=C(c2nn[nH]n2)CC1. The van der Waals surface area contributed by atoms with Gasteiger partial charge in [-0.25, -0.2) is 9.50 Å². The fourth-order valence-corrected chi connectivity index (χ4v) is 2.62. The number of amides is 1. The van der Waals surface area contributed by atoms with E-state index in [2.05, 4.69) is 30.7 Å². The van der Waals surface area contributed by atoms with Gasteiger partial charge in [-0.1, -0.05) is 17.7 Å². The number of hydrogen-bond donors (Lipinski definition) is 1. The van der Waals surface area contributed by atoms with E-state index in [-0.39, 0.29) is 5.91 Å². The fourth-order valence-electron chi connectivity index (χ4n) is 2.47. The maximum atomic E-state index is 12.6. The van der Waals surface area contributed by atoms with Crippen LogP contribution in [0.5, 0.6) is 0 Å². The van der Waals surface area contributed by atoms with Gasteiger partial charge in [0.25, 0.3) is 5.91 Å². The largest absolute Gasteiger partial charge is 0.333 e. The monoisotopic (exact) mass is 330 g/mol. The summed E-state index contributed by atoms with van der Waals surface area (Å²) in [5.74, 6) is 0.429. The molecule has 0 saturated heterocycles. The first-order valence-corrected chi connectivity index (χ1v) is 7.31. The predicted molar refractivity (Wildman–Crippen MR) is 80.7 cm³/mol. The third kappa shape index (κ3) is 2.55. The molecule has 0 bridgehead atoms. The summed E-state index contributed by atoms with van der Waals surface area (Å²) in [5.41, 5.74) is 1.90. The molecule has 1 aliphatic rings. The molecule has 0 radical (unpaired) electrons. The topological polar surface area (TPSA) is 105 Å². The van der Waals surface area contributed by atoms with Gasteiger partial charge in [0.15, 0.2) is 17.2 Å². The van der Waals surface area contributed by atoms with Gasteiger partial charge in [-0.05, 0) is 11.6 Å². The van der Waals surface area contributed by atoms with Crippen molar-refractivity contribution in [2.24, 2.45) is 0 Å². The van der Waals surface area contributed by atoms with Crippen molar-refractivity contribution in [1.29, 1.82) is 0 Å². The molecular formula is C13H11ClN8O. The minimum absolute atomic E-state index is 0.143. The summed E-state index contributed by atoms with van der Waals surface area (Å²) < 4.78 is 1.50. The molecule has 9 nitrogen and oxygen atoms in total. The molecule has 0 unspecified atom stereocenters. The summed E-state index contributed by atoms with van der Waals surface area (Å²) in [6.45, 7) is 1.05. The molecular weight excluding hydrogens is 320 g/mol. The smallest absolute Gasteiger partial charge is 0.274 e. The van der Waals surface area contributed by atoms with Gasteiger partial charge in [0, 0.05) is 30.9 Å². The number of carbonyl (C=O) groups is 1. The molecule has 0 aliphatic carbocycles. The van der Waals surface area contributed by atoms with Gasteiger partial charge in [0.05, 0.1) is 11.2 Å². The first-order chi connectivity index (χ1) is 11.2. The third-order valence-corrected chi connectivity index (χ3v) is 3.82. The highest BCUT2D eigenvalue weighted by Crippen LogP contribution is 2.20. The Hall–Kier alpha value is -2.81. The van der Waals surface area contributed by atoms with Gasteiger partial charge in [0.2, 0.25) is 0 Å². The average molecular weight is 331 g/mol. The molecule has 1 aliphatic heterocycles. The van der Waals surface area contributed by atoms with E-state index in [1.54, 1.807) is 17.2 Å². The Morgan fingerprint density at radius 1 is 1.39 bits per heavy atom. The molecule has 0 fully saturated rings. The number of fused-ring (bicyclic) bond motifs is 1. The lowest BCUT2D eigenvalue weighted by Gasteiger charge is -2.24. The Bertz CT molecular complexity index is 900. The normalized spacial score (nSPS) is 15.0. The summed E-state index contributed by atoms with van der Waals surface area (Å²) in [6, 6.07) is 1.65. The summed E-state index contributed by atoms with van der Waals surface area (Å²) >= 11 is 5.88. The summed E-state index contributed by atoms with van der Waals surface area (Å²) in [6.07, 6.45) is 5.73. The molecule has 0 saturated carbocycles. The molecule has 0 atom stereocenters. The van der Waals surface area contributed by atoms with Gasteiger partial charge in [-0.2, -0.15) is 10.3 Å². The van der Waals surface area contributed by atoms with Crippen LogP contribution in [0, 0.1) is 0 Å². The Kier molecular flexibility index (Phi) is 3.27. The minimum atomic E-state index is -0.143. The van der Waals surface area contributed by atoms with E-state index in [4.69, 9.17) is 11.6 Å². The first-order valence-electron chi connectivity index (χ1n) is 6.94. The highest BCUT2D eigenvalue weighted by atomic mass is 35.5. The van der Waals surface area contributed by atoms with Crippen LogP contribution in [-0.2, 0) is 0 Å². The third-order valence-electron chi connectivity index (χ3n) is 3.63. The Morgan fingerprint density at radius 3 is 3.04 bits per heavy atom. The number of halogens is 1. The van der Waals surface area contributed by atoms with Crippen molar-refractivity contribution in [2.75, 3.05) is 13.1 Å². The zero-order chi connectivity index (χ0) is 15.8. The molecule has 3 aromatic rings. The van der Waals surface area contributed by atoms with Gasteiger partial charge >= 0.3 is 0 Å². The lowest BCUT2D eigenvalue weighted by atomic mass is 10.1. The second kappa shape index (κ2) is 5.43. The van der Waals surface area contributed by atoms with Crippen molar-refractivity contribution in [2.45, 2.75) is 6.42 Å². The summed E-state index contributed by atoms with van der Waals surface area (Å²) in [5, 5.41) is 18.6. The standard InChI is InChI=1S/C13H11ClN8O/c14-9-6-15-11-5-10(18-22(11)7-9)13(23)21-3-1-8(2-4-21)12-16-19-20-17-12/h1,5-7H,2-4H2,(H,16,17,19,20). The molecule has 1 N–H and O–H groups in total. The summed E-state index contributed by atoms with van der Waals surface area (Å²) in [4.78, 5) is 18.4. The summed E-state index contributed by atoms with van der Waals surface area (Å²) in [7, 11) is 0. The van der Waals surface area contributed by atoms with Crippen LogP contribution < -0.4 is 0 Å². The highest BCUT2D eigenvalue weighted by Gasteiger charge is 2.23. The van der Waals surface area contributed by atoms with Crippen molar-refractivity contribution in [1.82, 2.24) is 40.1 Å². The minimum Gasteiger partial charge on any atom is -0.333 e. The average Bonchev–Trinajstić information content (AvgIpc) is 3.23. The van der Waals surface area contributed by atoms with Crippen molar-refractivity contribution in [3.05, 3.63) is 41.1 Å². The lowest BCUT2D eigenvalue weighted by Crippen LogP contribution is -2.35. The van der Waals surface area contributed by atoms with Crippen LogP contribution in [0.25, 0.3) is 11.2 Å². The van der Waals surface area contributed by atoms with Crippen molar-refractivity contribution >= 4 is 28.7 Å². The van der Waals surface area contributed by atoms with Crippen LogP contribution in [-0.4, -0.2) is 59.1 Å². The molecule has 4 rings (SSSR count). The van der Waals surface area contributed by atoms with E-state index >= 15 is 0 Å². The first kappa shape index (κ1) is 13.8. The van der Waals surface area contributed by atoms with Crippen molar-refractivity contribution in [3.8, 4) is 0 Å². The quantitative estimate of drug-likeness (QED) is 0.746. The Morgan fingerprint density at radius 2 is 2.30 bits per heavy atom. The zero-order valence-corrected chi connectivity index (χ0v) is 12.6. The number of aromatic amines is 1. The van der Waals surface area contributed by atoms with Crippen molar-refractivity contribution < 1.29 is 4.79 Å². The Balaban J connectivity index is 1.55. The van der Waals surface area contributed by atoms with Gasteiger partial charge in [-0.3, -0.25) is 4.79 Å². The number of rotatable bonds is 2. The van der Waals surface area contributed by atoms with Crippen molar-refractivity contribution in [3.63, 3.8) is 0 Å². The molecule has 116 valence electrons. The lowest BCUT2D eigenvalue weighted by molar-refractivity contribution is 0.0766. The van der Waals surface area contributed by atoms with E-state index in [1.807, 2.05) is 6.08 Å². The molecule has 3 aromatic heterocycles.